The first kappa shape index (κ1) is 12.8. The normalized spacial score (nSPS) is 10.6. The maximum Gasteiger partial charge on any atom is 0.233 e. The quantitative estimate of drug-likeness (QED) is 0.919. The van der Waals surface area contributed by atoms with Gasteiger partial charge < -0.3 is 10.5 Å². The van der Waals surface area contributed by atoms with Gasteiger partial charge >= 0.3 is 0 Å². The highest BCUT2D eigenvalue weighted by atomic mass is 32.1. The van der Waals surface area contributed by atoms with Crippen LogP contribution in [0.25, 0.3) is 0 Å². The molecule has 2 rings (SSSR count). The monoisotopic (exact) mass is 264 g/mol. The molecule has 2 aromatic heterocycles. The zero-order valence-electron chi connectivity index (χ0n) is 10.7. The Kier molecular flexibility index (Phi) is 3.76. The summed E-state index contributed by atoms with van der Waals surface area (Å²) in [5.41, 5.74) is 5.80. The minimum Gasteiger partial charge on any atom is -0.432 e. The van der Waals surface area contributed by atoms with E-state index in [4.69, 9.17) is 10.5 Å². The van der Waals surface area contributed by atoms with Crippen LogP contribution in [0.5, 0.6) is 11.6 Å². The van der Waals surface area contributed by atoms with E-state index < -0.39 is 0 Å². The molecule has 0 radical (unpaired) electrons. The number of nitrogens with two attached hydrogens (primary N) is 1. The molecule has 96 valence electrons. The SMILES string of the molecule is CCc1nc(Oc2cnc(C)nc2N)c(CC)s1. The molecule has 0 saturated heterocycles. The van der Waals surface area contributed by atoms with Crippen LogP contribution in [0, 0.1) is 6.92 Å². The van der Waals surface area contributed by atoms with Crippen molar-refractivity contribution in [2.24, 2.45) is 0 Å². The number of hydrogen-bond donors (Lipinski definition) is 1. The molecule has 0 aliphatic carbocycles. The van der Waals surface area contributed by atoms with Gasteiger partial charge in [0.15, 0.2) is 11.6 Å². The number of nitrogen functional groups attached to an aromatic ring is 1. The Morgan fingerprint density at radius 2 is 2.06 bits per heavy atom. The molecule has 0 bridgehead atoms. The highest BCUT2D eigenvalue weighted by Gasteiger charge is 2.13. The Morgan fingerprint density at radius 1 is 1.28 bits per heavy atom. The summed E-state index contributed by atoms with van der Waals surface area (Å²) in [6.07, 6.45) is 3.38. The average Bonchev–Trinajstić information content (AvgIpc) is 2.75. The zero-order chi connectivity index (χ0) is 13.1. The average molecular weight is 264 g/mol. The number of nitrogens with zero attached hydrogens (tertiary/aromatic N) is 3. The van der Waals surface area contributed by atoms with Crippen molar-refractivity contribution in [2.45, 2.75) is 33.6 Å². The van der Waals surface area contributed by atoms with Crippen molar-refractivity contribution in [3.63, 3.8) is 0 Å². The van der Waals surface area contributed by atoms with Crippen LogP contribution in [-0.4, -0.2) is 15.0 Å². The lowest BCUT2D eigenvalue weighted by Gasteiger charge is -2.06. The van der Waals surface area contributed by atoms with Gasteiger partial charge in [0.05, 0.1) is 16.1 Å². The van der Waals surface area contributed by atoms with Gasteiger partial charge in [-0.05, 0) is 19.8 Å². The van der Waals surface area contributed by atoms with E-state index in [1.54, 1.807) is 24.5 Å². The first-order chi connectivity index (χ1) is 8.63. The molecular weight excluding hydrogens is 248 g/mol. The summed E-state index contributed by atoms with van der Waals surface area (Å²) < 4.78 is 5.72. The highest BCUT2D eigenvalue weighted by molar-refractivity contribution is 7.11. The smallest absolute Gasteiger partial charge is 0.233 e. The standard InChI is InChI=1S/C12H16N4OS/c1-4-9-12(16-10(5-2)18-9)17-8-6-14-7(3)15-11(8)13/h6H,4-5H2,1-3H3,(H2,13,14,15). The molecule has 5 nitrogen and oxygen atoms in total. The highest BCUT2D eigenvalue weighted by Crippen LogP contribution is 2.31. The van der Waals surface area contributed by atoms with Crippen molar-refractivity contribution < 1.29 is 4.74 Å². The van der Waals surface area contributed by atoms with E-state index in [1.807, 2.05) is 0 Å². The summed E-state index contributed by atoms with van der Waals surface area (Å²) in [6, 6.07) is 0. The minimum absolute atomic E-state index is 0.343. The van der Waals surface area contributed by atoms with E-state index in [-0.39, 0.29) is 0 Å². The summed E-state index contributed by atoms with van der Waals surface area (Å²) in [5, 5.41) is 1.06. The molecular formula is C12H16N4OS. The van der Waals surface area contributed by atoms with Gasteiger partial charge in [-0.2, -0.15) is 0 Å². The molecule has 0 spiro atoms. The van der Waals surface area contributed by atoms with Gasteiger partial charge in [0.2, 0.25) is 5.88 Å². The molecule has 0 amide bonds. The number of ether oxygens (including phenoxy) is 1. The second-order valence-corrected chi connectivity index (χ2v) is 4.98. The Labute approximate surface area is 110 Å². The lowest BCUT2D eigenvalue weighted by atomic mass is 10.4. The number of anilines is 1. The van der Waals surface area contributed by atoms with E-state index in [0.717, 1.165) is 22.7 Å². The van der Waals surface area contributed by atoms with Crippen LogP contribution in [0.2, 0.25) is 0 Å². The molecule has 0 aliphatic heterocycles. The van der Waals surface area contributed by atoms with Gasteiger partial charge in [0.1, 0.15) is 5.82 Å². The largest absolute Gasteiger partial charge is 0.432 e. The van der Waals surface area contributed by atoms with Gasteiger partial charge in [-0.1, -0.05) is 13.8 Å². The van der Waals surface area contributed by atoms with Crippen LogP contribution in [0.3, 0.4) is 0 Å². The van der Waals surface area contributed by atoms with Gasteiger partial charge in [0, 0.05) is 0 Å². The van der Waals surface area contributed by atoms with E-state index in [0.29, 0.717) is 23.3 Å². The fourth-order valence-electron chi connectivity index (χ4n) is 1.50. The van der Waals surface area contributed by atoms with E-state index in [1.165, 1.54) is 0 Å². The van der Waals surface area contributed by atoms with Gasteiger partial charge in [-0.3, -0.25) is 0 Å². The van der Waals surface area contributed by atoms with Crippen LogP contribution in [0.15, 0.2) is 6.20 Å². The fourth-order valence-corrected chi connectivity index (χ4v) is 2.37. The molecule has 0 aromatic carbocycles. The third kappa shape index (κ3) is 2.59. The van der Waals surface area contributed by atoms with Crippen molar-refractivity contribution in [1.82, 2.24) is 15.0 Å². The molecule has 0 aliphatic rings. The first-order valence-corrected chi connectivity index (χ1v) is 6.71. The second-order valence-electron chi connectivity index (χ2n) is 3.81. The van der Waals surface area contributed by atoms with Crippen LogP contribution >= 0.6 is 11.3 Å². The van der Waals surface area contributed by atoms with Gasteiger partial charge in [0.25, 0.3) is 0 Å². The van der Waals surface area contributed by atoms with Gasteiger partial charge in [-0.15, -0.1) is 11.3 Å². The fraction of sp³-hybridized carbons (Fsp3) is 0.417. The number of aromatic nitrogens is 3. The van der Waals surface area contributed by atoms with Crippen LogP contribution in [0.4, 0.5) is 5.82 Å². The van der Waals surface area contributed by atoms with Crippen LogP contribution < -0.4 is 10.5 Å². The van der Waals surface area contributed by atoms with Crippen molar-refractivity contribution in [3.05, 3.63) is 21.9 Å². The molecule has 0 atom stereocenters. The summed E-state index contributed by atoms with van der Waals surface area (Å²) in [5.74, 6) is 2.06. The first-order valence-electron chi connectivity index (χ1n) is 5.89. The topological polar surface area (TPSA) is 73.9 Å². The second kappa shape index (κ2) is 5.30. The maximum absolute atomic E-state index is 5.80. The number of rotatable bonds is 4. The Bertz CT molecular complexity index is 553. The van der Waals surface area contributed by atoms with Crippen molar-refractivity contribution in [1.29, 1.82) is 0 Å². The molecule has 2 aromatic rings. The molecule has 0 unspecified atom stereocenters. The molecule has 2 N–H and O–H groups in total. The third-order valence-electron chi connectivity index (χ3n) is 2.44. The van der Waals surface area contributed by atoms with Crippen molar-refractivity contribution in [2.75, 3.05) is 5.73 Å². The summed E-state index contributed by atoms with van der Waals surface area (Å²) in [7, 11) is 0. The number of thiazole rings is 1. The lowest BCUT2D eigenvalue weighted by Crippen LogP contribution is -1.99. The maximum atomic E-state index is 5.80. The number of aryl methyl sites for hydroxylation is 3. The minimum atomic E-state index is 0.343. The molecule has 6 heteroatoms. The van der Waals surface area contributed by atoms with E-state index in [2.05, 4.69) is 28.8 Å². The van der Waals surface area contributed by atoms with Crippen molar-refractivity contribution >= 4 is 17.2 Å². The Hall–Kier alpha value is -1.69. The van der Waals surface area contributed by atoms with Gasteiger partial charge in [-0.25, -0.2) is 15.0 Å². The lowest BCUT2D eigenvalue weighted by molar-refractivity contribution is 0.457. The molecule has 0 fully saturated rings. The number of hydrogen-bond acceptors (Lipinski definition) is 6. The van der Waals surface area contributed by atoms with Crippen molar-refractivity contribution in [3.8, 4) is 11.6 Å². The summed E-state index contributed by atoms with van der Waals surface area (Å²) in [4.78, 5) is 13.7. The van der Waals surface area contributed by atoms with E-state index >= 15 is 0 Å². The molecule has 18 heavy (non-hydrogen) atoms. The third-order valence-corrected chi connectivity index (χ3v) is 3.76. The van der Waals surface area contributed by atoms with Crippen LogP contribution in [-0.2, 0) is 12.8 Å². The zero-order valence-corrected chi connectivity index (χ0v) is 11.5. The Balaban J connectivity index is 2.30. The molecule has 2 heterocycles. The van der Waals surface area contributed by atoms with Crippen LogP contribution in [0.1, 0.15) is 29.6 Å². The van der Waals surface area contributed by atoms with E-state index in [9.17, 15) is 0 Å². The molecule has 0 saturated carbocycles. The predicted octanol–water partition coefficient (Wildman–Crippen LogP) is 2.74. The summed E-state index contributed by atoms with van der Waals surface area (Å²) in [6.45, 7) is 5.94. The predicted molar refractivity (Wildman–Crippen MR) is 72.1 cm³/mol. The summed E-state index contributed by atoms with van der Waals surface area (Å²) >= 11 is 1.67. The Morgan fingerprint density at radius 3 is 2.67 bits per heavy atom.